The first kappa shape index (κ1) is 14.0. The van der Waals surface area contributed by atoms with Crippen LogP contribution in [0.25, 0.3) is 0 Å². The fraction of sp³-hybridized carbons (Fsp3) is 0.429. The summed E-state index contributed by atoms with van der Waals surface area (Å²) in [4.78, 5) is 14.4. The van der Waals surface area contributed by atoms with Crippen LogP contribution in [0.2, 0.25) is 5.15 Å². The average Bonchev–Trinajstić information content (AvgIpc) is 2.52. The highest BCUT2D eigenvalue weighted by molar-refractivity contribution is 6.29. The summed E-state index contributed by atoms with van der Waals surface area (Å²) in [5.41, 5.74) is 1.42. The van der Waals surface area contributed by atoms with E-state index in [2.05, 4.69) is 20.2 Å². The van der Waals surface area contributed by atoms with Gasteiger partial charge in [-0.05, 0) is 31.4 Å². The third-order valence-electron chi connectivity index (χ3n) is 3.58. The highest BCUT2D eigenvalue weighted by Crippen LogP contribution is 2.16. The van der Waals surface area contributed by atoms with E-state index in [0.717, 1.165) is 18.8 Å². The molecule has 1 fully saturated rings. The van der Waals surface area contributed by atoms with Crippen molar-refractivity contribution >= 4 is 17.3 Å². The number of nitrogens with zero attached hydrogens (tertiary/aromatic N) is 5. The summed E-state index contributed by atoms with van der Waals surface area (Å²) in [6.07, 6.45) is 5.35. The summed E-state index contributed by atoms with van der Waals surface area (Å²) in [5.74, 6) is 0. The van der Waals surface area contributed by atoms with Gasteiger partial charge in [-0.25, -0.2) is 4.68 Å². The van der Waals surface area contributed by atoms with Crippen LogP contribution in [0.4, 0.5) is 5.69 Å². The normalized spacial score (nSPS) is 15.2. The van der Waals surface area contributed by atoms with Gasteiger partial charge in [-0.1, -0.05) is 11.6 Å². The minimum atomic E-state index is -0.130. The Labute approximate surface area is 127 Å². The molecule has 0 spiro atoms. The first-order valence-electron chi connectivity index (χ1n) is 7.02. The molecule has 1 aliphatic heterocycles. The van der Waals surface area contributed by atoms with Crippen molar-refractivity contribution in [2.45, 2.75) is 25.8 Å². The number of halogens is 1. The van der Waals surface area contributed by atoms with E-state index in [9.17, 15) is 4.79 Å². The van der Waals surface area contributed by atoms with E-state index in [4.69, 9.17) is 11.6 Å². The minimum Gasteiger partial charge on any atom is -0.370 e. The molecule has 6 nitrogen and oxygen atoms in total. The van der Waals surface area contributed by atoms with Crippen LogP contribution in [-0.2, 0) is 6.54 Å². The Morgan fingerprint density at radius 2 is 1.95 bits per heavy atom. The summed E-state index contributed by atoms with van der Waals surface area (Å²) < 4.78 is 1.38. The molecular weight excluding hydrogens is 290 g/mol. The van der Waals surface area contributed by atoms with E-state index in [-0.39, 0.29) is 5.56 Å². The van der Waals surface area contributed by atoms with Crippen LogP contribution in [-0.4, -0.2) is 33.1 Å². The maximum Gasteiger partial charge on any atom is 0.269 e. The van der Waals surface area contributed by atoms with Gasteiger partial charge in [0.25, 0.3) is 5.56 Å². The first-order chi connectivity index (χ1) is 10.2. The molecule has 1 saturated heterocycles. The molecule has 0 atom stereocenters. The molecule has 7 heteroatoms. The third-order valence-corrected chi connectivity index (χ3v) is 3.78. The van der Waals surface area contributed by atoms with Gasteiger partial charge in [-0.15, -0.1) is 5.10 Å². The summed E-state index contributed by atoms with van der Waals surface area (Å²) >= 11 is 5.69. The zero-order valence-corrected chi connectivity index (χ0v) is 12.3. The fourth-order valence-corrected chi connectivity index (χ4v) is 2.55. The lowest BCUT2D eigenvalue weighted by Gasteiger charge is -2.28. The Balaban J connectivity index is 1.77. The van der Waals surface area contributed by atoms with Gasteiger partial charge >= 0.3 is 0 Å². The second kappa shape index (κ2) is 6.22. The Hall–Kier alpha value is -1.95. The zero-order valence-electron chi connectivity index (χ0n) is 11.6. The van der Waals surface area contributed by atoms with Gasteiger partial charge in [-0.2, -0.15) is 10.2 Å². The van der Waals surface area contributed by atoms with E-state index in [0.29, 0.717) is 17.4 Å². The van der Waals surface area contributed by atoms with Gasteiger partial charge in [0.1, 0.15) is 0 Å². The molecule has 0 aliphatic carbocycles. The fourth-order valence-electron chi connectivity index (χ4n) is 2.45. The molecule has 3 heterocycles. The molecule has 0 amide bonds. The molecule has 0 radical (unpaired) electrons. The van der Waals surface area contributed by atoms with Gasteiger partial charge in [0, 0.05) is 19.2 Å². The molecule has 0 N–H and O–H groups in total. The molecule has 1 aliphatic rings. The van der Waals surface area contributed by atoms with Crippen molar-refractivity contribution in [3.63, 3.8) is 0 Å². The molecule has 110 valence electrons. The molecular formula is C14H16ClN5O. The maximum absolute atomic E-state index is 12.2. The van der Waals surface area contributed by atoms with Gasteiger partial charge in [0.2, 0.25) is 0 Å². The van der Waals surface area contributed by atoms with Crippen LogP contribution in [0.5, 0.6) is 0 Å². The van der Waals surface area contributed by atoms with Gasteiger partial charge < -0.3 is 4.90 Å². The summed E-state index contributed by atoms with van der Waals surface area (Å²) in [5, 5.41) is 12.3. The van der Waals surface area contributed by atoms with Crippen molar-refractivity contribution in [2.24, 2.45) is 0 Å². The Bertz CT molecular complexity index is 664. The molecule has 0 aromatic carbocycles. The van der Waals surface area contributed by atoms with E-state index >= 15 is 0 Å². The number of aromatic nitrogens is 4. The summed E-state index contributed by atoms with van der Waals surface area (Å²) in [7, 11) is 0. The number of hydrogen-bond donors (Lipinski definition) is 0. The van der Waals surface area contributed by atoms with E-state index in [1.54, 1.807) is 24.4 Å². The molecule has 0 bridgehead atoms. The van der Waals surface area contributed by atoms with Crippen LogP contribution >= 0.6 is 11.6 Å². The molecule has 0 saturated carbocycles. The number of rotatable bonds is 3. The highest BCUT2D eigenvalue weighted by Gasteiger charge is 2.12. The topological polar surface area (TPSA) is 63.9 Å². The van der Waals surface area contributed by atoms with Crippen molar-refractivity contribution in [1.29, 1.82) is 0 Å². The van der Waals surface area contributed by atoms with Gasteiger partial charge in [0.05, 0.1) is 24.1 Å². The van der Waals surface area contributed by atoms with Crippen molar-refractivity contribution < 1.29 is 0 Å². The lowest BCUT2D eigenvalue weighted by atomic mass is 10.1. The van der Waals surface area contributed by atoms with Gasteiger partial charge in [0.15, 0.2) is 5.15 Å². The number of anilines is 1. The predicted octanol–water partition coefficient (Wildman–Crippen LogP) is 1.73. The molecule has 21 heavy (non-hydrogen) atoms. The van der Waals surface area contributed by atoms with Crippen molar-refractivity contribution in [1.82, 2.24) is 20.0 Å². The maximum atomic E-state index is 12.2. The second-order valence-electron chi connectivity index (χ2n) is 5.10. The minimum absolute atomic E-state index is 0.130. The average molecular weight is 306 g/mol. The molecule has 2 aromatic heterocycles. The van der Waals surface area contributed by atoms with E-state index in [1.165, 1.54) is 23.9 Å². The Kier molecular flexibility index (Phi) is 4.15. The highest BCUT2D eigenvalue weighted by atomic mass is 35.5. The van der Waals surface area contributed by atoms with Crippen molar-refractivity contribution in [3.05, 3.63) is 45.6 Å². The summed E-state index contributed by atoms with van der Waals surface area (Å²) in [6.45, 7) is 2.28. The van der Waals surface area contributed by atoms with Gasteiger partial charge in [-0.3, -0.25) is 4.79 Å². The molecule has 3 rings (SSSR count). The Morgan fingerprint density at radius 1 is 1.14 bits per heavy atom. The SMILES string of the molecule is O=c1cc(N2CCCCC2)cnn1Cc1ccc(Cl)nn1. The second-order valence-corrected chi connectivity index (χ2v) is 5.49. The summed E-state index contributed by atoms with van der Waals surface area (Å²) in [6, 6.07) is 5.03. The van der Waals surface area contributed by atoms with E-state index < -0.39 is 0 Å². The van der Waals surface area contributed by atoms with Crippen LogP contribution < -0.4 is 10.5 Å². The van der Waals surface area contributed by atoms with Crippen LogP contribution in [0.3, 0.4) is 0 Å². The van der Waals surface area contributed by atoms with Crippen LogP contribution in [0.1, 0.15) is 25.0 Å². The predicted molar refractivity (Wildman–Crippen MR) is 80.7 cm³/mol. The number of piperidine rings is 1. The standard InChI is InChI=1S/C14H16ClN5O/c15-13-5-4-11(17-18-13)10-20-14(21)8-12(9-16-20)19-6-2-1-3-7-19/h4-5,8-9H,1-3,6-7,10H2. The molecule has 0 unspecified atom stereocenters. The zero-order chi connectivity index (χ0) is 14.7. The van der Waals surface area contributed by atoms with Crippen molar-refractivity contribution in [2.75, 3.05) is 18.0 Å². The van der Waals surface area contributed by atoms with E-state index in [1.807, 2.05) is 0 Å². The van der Waals surface area contributed by atoms with Crippen molar-refractivity contribution in [3.8, 4) is 0 Å². The number of hydrogen-bond acceptors (Lipinski definition) is 5. The quantitative estimate of drug-likeness (QED) is 0.864. The van der Waals surface area contributed by atoms with Crippen LogP contribution in [0, 0.1) is 0 Å². The lowest BCUT2D eigenvalue weighted by molar-refractivity contribution is 0.570. The lowest BCUT2D eigenvalue weighted by Crippen LogP contribution is -2.32. The Morgan fingerprint density at radius 3 is 2.62 bits per heavy atom. The molecule has 2 aromatic rings. The largest absolute Gasteiger partial charge is 0.370 e. The first-order valence-corrected chi connectivity index (χ1v) is 7.40. The smallest absolute Gasteiger partial charge is 0.269 e. The van der Waals surface area contributed by atoms with Crippen LogP contribution in [0.15, 0.2) is 29.2 Å². The monoisotopic (exact) mass is 305 g/mol. The third kappa shape index (κ3) is 3.39.